The fourth-order valence-electron chi connectivity index (χ4n) is 1.91. The van der Waals surface area contributed by atoms with Crippen LogP contribution in [-0.4, -0.2) is 29.9 Å². The number of aliphatic carboxylic acids is 1. The van der Waals surface area contributed by atoms with Crippen LogP contribution in [0.15, 0.2) is 24.3 Å². The van der Waals surface area contributed by atoms with E-state index < -0.39 is 12.0 Å². The van der Waals surface area contributed by atoms with Gasteiger partial charge < -0.3 is 10.4 Å². The molecule has 19 heavy (non-hydrogen) atoms. The lowest BCUT2D eigenvalue weighted by molar-refractivity contribution is -0.137. The van der Waals surface area contributed by atoms with Gasteiger partial charge in [0.2, 0.25) is 0 Å². The summed E-state index contributed by atoms with van der Waals surface area (Å²) in [5.74, 6) is -0.515. The zero-order chi connectivity index (χ0) is 14.4. The van der Waals surface area contributed by atoms with Crippen LogP contribution >= 0.6 is 0 Å². The Morgan fingerprint density at radius 2 is 1.79 bits per heavy atom. The van der Waals surface area contributed by atoms with Gasteiger partial charge in [0.25, 0.3) is 0 Å². The Kier molecular flexibility index (Phi) is 5.70. The van der Waals surface area contributed by atoms with Crippen LogP contribution in [0.5, 0.6) is 0 Å². The fourth-order valence-corrected chi connectivity index (χ4v) is 1.91. The van der Waals surface area contributed by atoms with Crippen LogP contribution in [-0.2, 0) is 4.79 Å². The Bertz CT molecular complexity index is 437. The van der Waals surface area contributed by atoms with Gasteiger partial charge in [-0.1, -0.05) is 38.1 Å². The first-order valence-electron chi connectivity index (χ1n) is 6.49. The molecule has 0 saturated carbocycles. The second-order valence-corrected chi connectivity index (χ2v) is 4.91. The van der Waals surface area contributed by atoms with Crippen molar-refractivity contribution in [3.8, 4) is 0 Å². The van der Waals surface area contributed by atoms with E-state index in [4.69, 9.17) is 5.11 Å². The molecule has 0 aromatic heterocycles. The first kappa shape index (κ1) is 15.4. The number of carbonyl (C=O) groups is 2. The molecule has 0 radical (unpaired) electrons. The van der Waals surface area contributed by atoms with Gasteiger partial charge in [0.1, 0.15) is 0 Å². The molecule has 1 rings (SSSR count). The first-order chi connectivity index (χ1) is 8.95. The summed E-state index contributed by atoms with van der Waals surface area (Å²) in [5, 5.41) is 11.5. The summed E-state index contributed by atoms with van der Waals surface area (Å²) in [4.78, 5) is 22.8. The summed E-state index contributed by atoms with van der Waals surface area (Å²) < 4.78 is 0. The lowest BCUT2D eigenvalue weighted by Crippen LogP contribution is -2.34. The zero-order valence-electron chi connectivity index (χ0n) is 11.6. The maximum atomic E-state index is 12.2. The number of hydrogen-bond acceptors (Lipinski definition) is 3. The van der Waals surface area contributed by atoms with E-state index in [9.17, 15) is 9.59 Å². The van der Waals surface area contributed by atoms with Crippen molar-refractivity contribution in [2.45, 2.75) is 38.6 Å². The van der Waals surface area contributed by atoms with Gasteiger partial charge in [0, 0.05) is 12.0 Å². The molecule has 0 aliphatic heterocycles. The predicted octanol–water partition coefficient (Wildman–Crippen LogP) is 2.45. The van der Waals surface area contributed by atoms with Crippen LogP contribution in [0.2, 0.25) is 0 Å². The lowest BCUT2D eigenvalue weighted by atomic mass is 9.96. The molecule has 0 aliphatic rings. The van der Waals surface area contributed by atoms with Gasteiger partial charge in [-0.05, 0) is 24.9 Å². The van der Waals surface area contributed by atoms with Gasteiger partial charge in [0.05, 0.1) is 6.04 Å². The Morgan fingerprint density at radius 3 is 2.21 bits per heavy atom. The minimum Gasteiger partial charge on any atom is -0.481 e. The number of likely N-dealkylation sites (N-methyl/N-ethyl adjacent to an activating group) is 1. The van der Waals surface area contributed by atoms with Crippen LogP contribution in [0.25, 0.3) is 0 Å². The molecule has 0 spiro atoms. The quantitative estimate of drug-likeness (QED) is 0.741. The van der Waals surface area contributed by atoms with Crippen molar-refractivity contribution in [3.05, 3.63) is 35.4 Å². The van der Waals surface area contributed by atoms with E-state index in [1.54, 1.807) is 7.05 Å². The van der Waals surface area contributed by atoms with Crippen molar-refractivity contribution >= 4 is 11.8 Å². The van der Waals surface area contributed by atoms with Crippen molar-refractivity contribution in [3.63, 3.8) is 0 Å². The molecule has 0 amide bonds. The van der Waals surface area contributed by atoms with Crippen LogP contribution in [0.3, 0.4) is 0 Å². The van der Waals surface area contributed by atoms with Gasteiger partial charge in [-0.2, -0.15) is 0 Å². The number of Topliss-reactive ketones (excluding diaryl/α,β-unsaturated/α-hetero) is 1. The Hall–Kier alpha value is -1.68. The molecule has 0 bridgehead atoms. The van der Waals surface area contributed by atoms with Crippen molar-refractivity contribution in [1.29, 1.82) is 0 Å². The molecule has 2 N–H and O–H groups in total. The van der Waals surface area contributed by atoms with Gasteiger partial charge in [-0.25, -0.2) is 0 Å². The van der Waals surface area contributed by atoms with Crippen LogP contribution < -0.4 is 5.32 Å². The number of nitrogens with one attached hydrogen (secondary N) is 1. The van der Waals surface area contributed by atoms with Crippen LogP contribution in [0.1, 0.15) is 48.5 Å². The van der Waals surface area contributed by atoms with Gasteiger partial charge in [0.15, 0.2) is 5.78 Å². The summed E-state index contributed by atoms with van der Waals surface area (Å²) in [6.07, 6.45) is 0.290. The summed E-state index contributed by atoms with van der Waals surface area (Å²) in [5.41, 5.74) is 1.80. The van der Waals surface area contributed by atoms with Crippen molar-refractivity contribution in [2.24, 2.45) is 0 Å². The van der Waals surface area contributed by atoms with E-state index >= 15 is 0 Å². The molecule has 4 nitrogen and oxygen atoms in total. The molecule has 1 atom stereocenters. The second kappa shape index (κ2) is 7.04. The first-order valence-corrected chi connectivity index (χ1v) is 6.49. The number of ketones is 1. The predicted molar refractivity (Wildman–Crippen MR) is 74.6 cm³/mol. The third-order valence-corrected chi connectivity index (χ3v) is 3.17. The van der Waals surface area contributed by atoms with Crippen LogP contribution in [0, 0.1) is 0 Å². The molecular formula is C15H21NO3. The highest BCUT2D eigenvalue weighted by Crippen LogP contribution is 2.16. The molecule has 104 valence electrons. The van der Waals surface area contributed by atoms with E-state index in [-0.39, 0.29) is 12.2 Å². The minimum atomic E-state index is -0.886. The summed E-state index contributed by atoms with van der Waals surface area (Å²) >= 11 is 0. The Balaban J connectivity index is 2.76. The van der Waals surface area contributed by atoms with E-state index in [0.29, 0.717) is 17.9 Å². The average Bonchev–Trinajstić information content (AvgIpc) is 2.39. The van der Waals surface area contributed by atoms with Gasteiger partial charge >= 0.3 is 5.97 Å². The molecule has 0 aliphatic carbocycles. The molecule has 1 aromatic rings. The molecule has 1 unspecified atom stereocenters. The molecule has 1 aromatic carbocycles. The van der Waals surface area contributed by atoms with E-state index in [1.807, 2.05) is 24.3 Å². The van der Waals surface area contributed by atoms with E-state index in [1.165, 1.54) is 5.56 Å². The molecule has 0 saturated heterocycles. The normalized spacial score (nSPS) is 12.4. The highest BCUT2D eigenvalue weighted by Gasteiger charge is 2.19. The fraction of sp³-hybridized carbons (Fsp3) is 0.467. The van der Waals surface area contributed by atoms with E-state index in [2.05, 4.69) is 19.2 Å². The summed E-state index contributed by atoms with van der Waals surface area (Å²) in [6, 6.07) is 7.07. The smallest absolute Gasteiger partial charge is 0.303 e. The summed E-state index contributed by atoms with van der Waals surface area (Å²) in [6.45, 7) is 4.19. The number of benzene rings is 1. The summed E-state index contributed by atoms with van der Waals surface area (Å²) in [7, 11) is 1.67. The number of rotatable bonds is 7. The van der Waals surface area contributed by atoms with Crippen molar-refractivity contribution in [1.82, 2.24) is 5.32 Å². The molecule has 0 fully saturated rings. The zero-order valence-corrected chi connectivity index (χ0v) is 11.6. The van der Waals surface area contributed by atoms with Gasteiger partial charge in [-0.3, -0.25) is 9.59 Å². The monoisotopic (exact) mass is 263 g/mol. The van der Waals surface area contributed by atoms with Crippen LogP contribution in [0.4, 0.5) is 0 Å². The number of carboxylic acids is 1. The lowest BCUT2D eigenvalue weighted by Gasteiger charge is -2.14. The topological polar surface area (TPSA) is 66.4 Å². The highest BCUT2D eigenvalue weighted by atomic mass is 16.4. The minimum absolute atomic E-state index is 0.0126. The SMILES string of the molecule is CNC(CCC(=O)O)C(=O)c1ccc(C(C)C)cc1. The Labute approximate surface area is 113 Å². The molecule has 0 heterocycles. The van der Waals surface area contributed by atoms with Crippen molar-refractivity contribution < 1.29 is 14.7 Å². The second-order valence-electron chi connectivity index (χ2n) is 4.91. The maximum Gasteiger partial charge on any atom is 0.303 e. The maximum absolute atomic E-state index is 12.2. The number of hydrogen-bond donors (Lipinski definition) is 2. The largest absolute Gasteiger partial charge is 0.481 e. The molecule has 4 heteroatoms. The van der Waals surface area contributed by atoms with E-state index in [0.717, 1.165) is 0 Å². The number of carboxylic acid groups (broad SMARTS) is 1. The standard InChI is InChI=1S/C15H21NO3/c1-10(2)11-4-6-12(7-5-11)15(19)13(16-3)8-9-14(17)18/h4-7,10,13,16H,8-9H2,1-3H3,(H,17,18). The van der Waals surface area contributed by atoms with Gasteiger partial charge in [-0.15, -0.1) is 0 Å². The highest BCUT2D eigenvalue weighted by molar-refractivity contribution is 6.00. The third kappa shape index (κ3) is 4.48. The molecular weight excluding hydrogens is 242 g/mol. The average molecular weight is 263 g/mol. The third-order valence-electron chi connectivity index (χ3n) is 3.17. The van der Waals surface area contributed by atoms with Crippen molar-refractivity contribution in [2.75, 3.05) is 7.05 Å². The Morgan fingerprint density at radius 1 is 1.21 bits per heavy atom. The number of carbonyl (C=O) groups excluding carboxylic acids is 1.